The smallest absolute Gasteiger partial charge is 0.206 e. The second-order valence-electron chi connectivity index (χ2n) is 9.05. The number of fused-ring (bicyclic) bond motifs is 1. The first kappa shape index (κ1) is 25.6. The minimum atomic E-state index is -4.73. The van der Waals surface area contributed by atoms with Gasteiger partial charge in [0.05, 0.1) is 5.56 Å². The Hall–Kier alpha value is -3.47. The van der Waals surface area contributed by atoms with Crippen molar-refractivity contribution in [2.75, 3.05) is 0 Å². The number of hydrogen-bond donors (Lipinski definition) is 0. The van der Waals surface area contributed by atoms with E-state index in [1.54, 1.807) is 12.1 Å². The average molecular weight is 495 g/mol. The van der Waals surface area contributed by atoms with E-state index in [0.717, 1.165) is 48.8 Å². The summed E-state index contributed by atoms with van der Waals surface area (Å²) in [4.78, 5) is 0. The molecule has 0 unspecified atom stereocenters. The van der Waals surface area contributed by atoms with Crippen molar-refractivity contribution in [1.29, 1.82) is 0 Å². The highest BCUT2D eigenvalue weighted by Crippen LogP contribution is 2.32. The van der Waals surface area contributed by atoms with E-state index in [1.165, 1.54) is 17.2 Å². The van der Waals surface area contributed by atoms with Gasteiger partial charge in [0.2, 0.25) is 0 Å². The van der Waals surface area contributed by atoms with Gasteiger partial charge in [0, 0.05) is 5.39 Å². The van der Waals surface area contributed by atoms with Gasteiger partial charge in [-0.05, 0) is 83.9 Å². The zero-order valence-electron chi connectivity index (χ0n) is 19.8. The molecule has 36 heavy (non-hydrogen) atoms. The number of benzene rings is 4. The Morgan fingerprint density at radius 2 is 1.22 bits per heavy atom. The lowest BCUT2D eigenvalue weighted by Crippen LogP contribution is -2.08. The molecule has 0 atom stereocenters. The van der Waals surface area contributed by atoms with E-state index in [9.17, 15) is 17.6 Å². The molecule has 186 valence electrons. The van der Waals surface area contributed by atoms with Crippen LogP contribution in [-0.4, -0.2) is 0 Å². The molecule has 0 aliphatic carbocycles. The summed E-state index contributed by atoms with van der Waals surface area (Å²) in [6.45, 7) is 3.75. The van der Waals surface area contributed by atoms with Crippen molar-refractivity contribution in [3.63, 3.8) is 0 Å². The average Bonchev–Trinajstić information content (AvgIpc) is 2.85. The van der Waals surface area contributed by atoms with Crippen molar-refractivity contribution in [3.05, 3.63) is 130 Å². The maximum atomic E-state index is 15.2. The van der Waals surface area contributed by atoms with E-state index in [-0.39, 0.29) is 18.7 Å². The van der Waals surface area contributed by atoms with Crippen molar-refractivity contribution in [2.45, 2.75) is 44.7 Å². The largest absolute Gasteiger partial charge is 0.419 e. The lowest BCUT2D eigenvalue weighted by Gasteiger charge is -2.11. The summed E-state index contributed by atoms with van der Waals surface area (Å²) in [6, 6.07) is 20.7. The second kappa shape index (κ2) is 11.1. The molecule has 0 aliphatic heterocycles. The monoisotopic (exact) mass is 494 g/mol. The van der Waals surface area contributed by atoms with Crippen molar-refractivity contribution < 1.29 is 22.0 Å². The molecule has 0 N–H and O–H groups in total. The van der Waals surface area contributed by atoms with Gasteiger partial charge in [-0.2, -0.15) is 13.2 Å². The van der Waals surface area contributed by atoms with E-state index < -0.39 is 17.6 Å². The van der Waals surface area contributed by atoms with Gasteiger partial charge in [-0.25, -0.2) is 8.78 Å². The molecule has 0 radical (unpaired) electrons. The molecule has 0 saturated carbocycles. The van der Waals surface area contributed by atoms with Crippen LogP contribution in [0.1, 0.15) is 39.8 Å². The van der Waals surface area contributed by atoms with Crippen LogP contribution in [0.3, 0.4) is 0 Å². The topological polar surface area (TPSA) is 0 Å². The minimum Gasteiger partial charge on any atom is -0.206 e. The molecule has 0 amide bonds. The molecule has 4 aromatic carbocycles. The van der Waals surface area contributed by atoms with Gasteiger partial charge >= 0.3 is 6.18 Å². The van der Waals surface area contributed by atoms with Crippen LogP contribution < -0.4 is 0 Å². The Morgan fingerprint density at radius 1 is 0.639 bits per heavy atom. The van der Waals surface area contributed by atoms with Crippen molar-refractivity contribution in [3.8, 4) is 0 Å². The molecule has 5 heteroatoms. The summed E-state index contributed by atoms with van der Waals surface area (Å²) >= 11 is 0. The molecule has 0 nitrogen and oxygen atoms in total. The van der Waals surface area contributed by atoms with Gasteiger partial charge in [-0.1, -0.05) is 66.7 Å². The molecule has 0 heterocycles. The van der Waals surface area contributed by atoms with E-state index >= 15 is 4.39 Å². The van der Waals surface area contributed by atoms with Crippen LogP contribution in [0.2, 0.25) is 0 Å². The molecule has 0 spiro atoms. The summed E-state index contributed by atoms with van der Waals surface area (Å²) in [5, 5.41) is 1.30. The van der Waals surface area contributed by atoms with Gasteiger partial charge in [-0.15, -0.1) is 6.58 Å². The number of rotatable bonds is 9. The highest BCUT2D eigenvalue weighted by molar-refractivity contribution is 5.84. The molecule has 4 rings (SSSR count). The fourth-order valence-corrected chi connectivity index (χ4v) is 4.39. The predicted octanol–water partition coefficient (Wildman–Crippen LogP) is 8.83. The first-order chi connectivity index (χ1) is 17.2. The Balaban J connectivity index is 1.41. The molecular weight excluding hydrogens is 467 g/mol. The molecule has 0 saturated heterocycles. The third-order valence-corrected chi connectivity index (χ3v) is 6.48. The number of allylic oxidation sites excluding steroid dienone is 1. The number of halogens is 5. The van der Waals surface area contributed by atoms with Gasteiger partial charge in [-0.3, -0.25) is 0 Å². The lowest BCUT2D eigenvalue weighted by atomic mass is 9.97. The summed E-state index contributed by atoms with van der Waals surface area (Å²) in [7, 11) is 0. The zero-order valence-corrected chi connectivity index (χ0v) is 19.8. The third-order valence-electron chi connectivity index (χ3n) is 6.48. The lowest BCUT2D eigenvalue weighted by molar-refractivity contribution is -0.140. The highest BCUT2D eigenvalue weighted by Gasteiger charge is 2.33. The van der Waals surface area contributed by atoms with Crippen molar-refractivity contribution >= 4 is 10.8 Å². The van der Waals surface area contributed by atoms with Gasteiger partial charge in [0.15, 0.2) is 0 Å². The van der Waals surface area contributed by atoms with Crippen LogP contribution in [0.25, 0.3) is 10.8 Å². The summed E-state index contributed by atoms with van der Waals surface area (Å²) in [5.41, 5.74) is 3.21. The van der Waals surface area contributed by atoms with Gasteiger partial charge < -0.3 is 0 Å². The Bertz CT molecular complexity index is 1350. The quantitative estimate of drug-likeness (QED) is 0.161. The highest BCUT2D eigenvalue weighted by atomic mass is 19.4. The zero-order chi connectivity index (χ0) is 25.7. The molecular formula is C31H27F5. The third kappa shape index (κ3) is 6.20. The van der Waals surface area contributed by atoms with Crippen LogP contribution in [0, 0.1) is 11.6 Å². The molecule has 0 aromatic heterocycles. The van der Waals surface area contributed by atoms with Crippen LogP contribution in [-0.2, 0) is 38.3 Å². The van der Waals surface area contributed by atoms with Crippen LogP contribution >= 0.6 is 0 Å². The summed E-state index contributed by atoms with van der Waals surface area (Å²) < 4.78 is 67.3. The van der Waals surface area contributed by atoms with E-state index in [4.69, 9.17) is 0 Å². The predicted molar refractivity (Wildman–Crippen MR) is 135 cm³/mol. The fourth-order valence-electron chi connectivity index (χ4n) is 4.39. The second-order valence-corrected chi connectivity index (χ2v) is 9.05. The first-order valence-corrected chi connectivity index (χ1v) is 12.0. The minimum absolute atomic E-state index is 0.238. The molecule has 0 aliphatic rings. The number of aryl methyl sites for hydroxylation is 5. The van der Waals surface area contributed by atoms with Gasteiger partial charge in [0.25, 0.3) is 0 Å². The number of alkyl halides is 3. The molecule has 0 bridgehead atoms. The maximum absolute atomic E-state index is 15.2. The normalized spacial score (nSPS) is 11.7. The van der Waals surface area contributed by atoms with E-state index in [1.807, 2.05) is 24.3 Å². The van der Waals surface area contributed by atoms with Crippen LogP contribution in [0.5, 0.6) is 0 Å². The number of hydrogen-bond acceptors (Lipinski definition) is 0. The Labute approximate surface area is 208 Å². The van der Waals surface area contributed by atoms with Crippen LogP contribution in [0.15, 0.2) is 85.5 Å². The Kier molecular flexibility index (Phi) is 7.88. The molecule has 0 fully saturated rings. The fraction of sp³-hybridized carbons (Fsp3) is 0.226. The standard InChI is InChI=1S/C31H27F5/c1-2-3-4-21-5-7-22(8-6-21)9-10-23-12-17-27-26(19-23)16-15-25(30(27)33)14-11-24-13-18-28(29(32)20-24)31(34,35)36/h2,5-8,12-13,15-20H,1,3-4,9-11,14H2. The van der Waals surface area contributed by atoms with Gasteiger partial charge in [0.1, 0.15) is 11.6 Å². The summed E-state index contributed by atoms with van der Waals surface area (Å²) in [5.74, 6) is -1.66. The Morgan fingerprint density at radius 3 is 1.89 bits per heavy atom. The van der Waals surface area contributed by atoms with E-state index in [0.29, 0.717) is 16.5 Å². The maximum Gasteiger partial charge on any atom is 0.419 e. The SMILES string of the molecule is C=CCCc1ccc(CCc2ccc3c(F)c(CCc4ccc(C(F)(F)F)c(F)c4)ccc3c2)cc1. The van der Waals surface area contributed by atoms with Crippen molar-refractivity contribution in [2.24, 2.45) is 0 Å². The van der Waals surface area contributed by atoms with Crippen LogP contribution in [0.4, 0.5) is 22.0 Å². The first-order valence-electron chi connectivity index (χ1n) is 12.0. The van der Waals surface area contributed by atoms with E-state index in [2.05, 4.69) is 30.8 Å². The summed E-state index contributed by atoms with van der Waals surface area (Å²) in [6.07, 6.45) is 1.36. The molecule has 4 aromatic rings. The van der Waals surface area contributed by atoms with Crippen molar-refractivity contribution in [1.82, 2.24) is 0 Å².